The van der Waals surface area contributed by atoms with Crippen LogP contribution in [0.15, 0.2) is 35.2 Å². The second kappa shape index (κ2) is 13.1. The summed E-state index contributed by atoms with van der Waals surface area (Å²) in [6.45, 7) is 2.28. The van der Waals surface area contributed by atoms with Crippen LogP contribution in [0.3, 0.4) is 0 Å². The first-order valence-corrected chi connectivity index (χ1v) is 14.0. The molecular formula is C27H42F2OS. The molecule has 0 spiro atoms. The van der Waals surface area contributed by atoms with Crippen molar-refractivity contribution in [3.63, 3.8) is 0 Å². The molecule has 0 bridgehead atoms. The summed E-state index contributed by atoms with van der Waals surface area (Å²) >= 11 is 0. The highest BCUT2D eigenvalue weighted by Gasteiger charge is 2.32. The van der Waals surface area contributed by atoms with E-state index < -0.39 is 22.5 Å². The summed E-state index contributed by atoms with van der Waals surface area (Å²) < 4.78 is 41.1. The highest BCUT2D eigenvalue weighted by Crippen LogP contribution is 2.43. The van der Waals surface area contributed by atoms with Gasteiger partial charge >= 0.3 is 0 Å². The van der Waals surface area contributed by atoms with Crippen molar-refractivity contribution >= 4 is 10.8 Å². The number of hydrogen-bond acceptors (Lipinski definition) is 1. The summed E-state index contributed by atoms with van der Waals surface area (Å²) in [5.74, 6) is 3.24. The number of rotatable bonds is 11. The van der Waals surface area contributed by atoms with Crippen molar-refractivity contribution in [2.45, 2.75) is 113 Å². The largest absolute Gasteiger partial charge is 0.251 e. The smallest absolute Gasteiger partial charge is 0.210 e. The molecule has 1 aromatic rings. The van der Waals surface area contributed by atoms with E-state index in [-0.39, 0.29) is 6.42 Å². The van der Waals surface area contributed by atoms with Crippen LogP contribution in [0.5, 0.6) is 0 Å². The molecule has 0 heterocycles. The maximum atomic E-state index is 14.4. The van der Waals surface area contributed by atoms with Crippen LogP contribution in [-0.2, 0) is 10.8 Å². The van der Waals surface area contributed by atoms with Crippen molar-refractivity contribution in [3.05, 3.63) is 30.3 Å². The summed E-state index contributed by atoms with van der Waals surface area (Å²) in [7, 11) is -1.92. The fourth-order valence-electron chi connectivity index (χ4n) is 5.92. The Balaban J connectivity index is 1.33. The Morgan fingerprint density at radius 3 is 1.94 bits per heavy atom. The third-order valence-electron chi connectivity index (χ3n) is 7.98. The molecule has 2 aliphatic rings. The predicted molar refractivity (Wildman–Crippen MR) is 127 cm³/mol. The van der Waals surface area contributed by atoms with Gasteiger partial charge in [0, 0.05) is 4.90 Å². The Morgan fingerprint density at radius 1 is 0.839 bits per heavy atom. The summed E-state index contributed by atoms with van der Waals surface area (Å²) in [6.07, 6.45) is 15.3. The Labute approximate surface area is 191 Å². The van der Waals surface area contributed by atoms with Crippen LogP contribution < -0.4 is 0 Å². The van der Waals surface area contributed by atoms with Gasteiger partial charge in [0.1, 0.15) is 6.17 Å². The lowest BCUT2D eigenvalue weighted by molar-refractivity contribution is 0.132. The van der Waals surface area contributed by atoms with Crippen LogP contribution in [0.1, 0.15) is 96.8 Å². The number of benzene rings is 1. The molecule has 0 N–H and O–H groups in total. The third kappa shape index (κ3) is 7.65. The quantitative estimate of drug-likeness (QED) is 0.308. The van der Waals surface area contributed by atoms with E-state index in [1.165, 1.54) is 64.2 Å². The lowest BCUT2D eigenvalue weighted by Gasteiger charge is -2.38. The number of halogens is 2. The van der Waals surface area contributed by atoms with Crippen molar-refractivity contribution < 1.29 is 13.0 Å². The minimum atomic E-state index is -1.92. The first-order valence-electron chi connectivity index (χ1n) is 12.8. The average Bonchev–Trinajstić information content (AvgIpc) is 2.83. The number of unbranched alkanes of at least 4 members (excludes halogenated alkanes) is 2. The lowest BCUT2D eigenvalue weighted by Crippen LogP contribution is -2.27. The first kappa shape index (κ1) is 24.9. The minimum absolute atomic E-state index is 0.192. The average molecular weight is 453 g/mol. The summed E-state index contributed by atoms with van der Waals surface area (Å²) in [5, 5.41) is 0. The second-order valence-electron chi connectivity index (χ2n) is 10.1. The minimum Gasteiger partial charge on any atom is -0.251 e. The molecule has 3 unspecified atom stereocenters. The normalized spacial score (nSPS) is 29.9. The molecule has 4 heteroatoms. The van der Waals surface area contributed by atoms with E-state index in [0.717, 1.165) is 37.0 Å². The van der Waals surface area contributed by atoms with E-state index in [2.05, 4.69) is 6.92 Å². The monoisotopic (exact) mass is 452 g/mol. The van der Waals surface area contributed by atoms with E-state index in [1.807, 2.05) is 0 Å². The molecule has 0 aliphatic heterocycles. The van der Waals surface area contributed by atoms with Gasteiger partial charge in [-0.1, -0.05) is 76.5 Å². The topological polar surface area (TPSA) is 17.1 Å². The van der Waals surface area contributed by atoms with Crippen molar-refractivity contribution in [2.24, 2.45) is 23.7 Å². The van der Waals surface area contributed by atoms with Crippen LogP contribution >= 0.6 is 0 Å². The predicted octanol–water partition coefficient (Wildman–Crippen LogP) is 8.40. The highest BCUT2D eigenvalue weighted by molar-refractivity contribution is 7.85. The molecule has 0 radical (unpaired) electrons. The van der Waals surface area contributed by atoms with Gasteiger partial charge in [0.25, 0.3) is 0 Å². The zero-order valence-corrected chi connectivity index (χ0v) is 20.1. The van der Waals surface area contributed by atoms with Gasteiger partial charge in [0.15, 0.2) is 0 Å². The van der Waals surface area contributed by atoms with E-state index in [0.29, 0.717) is 10.8 Å². The van der Waals surface area contributed by atoms with Crippen LogP contribution in [0.2, 0.25) is 0 Å². The van der Waals surface area contributed by atoms with Crippen molar-refractivity contribution in [2.75, 3.05) is 0 Å². The second-order valence-corrected chi connectivity index (χ2v) is 11.6. The molecule has 1 nitrogen and oxygen atoms in total. The lowest BCUT2D eigenvalue weighted by atomic mass is 9.68. The van der Waals surface area contributed by atoms with Crippen molar-refractivity contribution in [3.8, 4) is 0 Å². The summed E-state index contributed by atoms with van der Waals surface area (Å²) in [6, 6.07) is 8.43. The standard InChI is InChI=1S/C27H42F2OS/c1-2-3-5-8-21-11-16-23(17-12-21)24-18-13-22(14-19-24)15-20-26(28)27(29)31(30)25-9-6-4-7-10-25/h4,6-7,9-10,21-24,26-27H,2-3,5,8,11-20H2,1H3. The first-order chi connectivity index (χ1) is 15.1. The molecule has 0 amide bonds. The zero-order chi connectivity index (χ0) is 22.1. The van der Waals surface area contributed by atoms with E-state index in [9.17, 15) is 13.0 Å². The van der Waals surface area contributed by atoms with Gasteiger partial charge in [-0.3, -0.25) is 4.21 Å². The molecule has 0 saturated heterocycles. The molecule has 1 aromatic carbocycles. The molecule has 2 fully saturated rings. The fraction of sp³-hybridized carbons (Fsp3) is 0.778. The van der Waals surface area contributed by atoms with Crippen LogP contribution in [0.25, 0.3) is 0 Å². The van der Waals surface area contributed by atoms with E-state index in [1.54, 1.807) is 30.3 Å². The number of alkyl halides is 2. The molecule has 3 atom stereocenters. The SMILES string of the molecule is CCCCCC1CCC(C2CCC(CCC(F)C(F)S(=O)c3ccccc3)CC2)CC1. The Morgan fingerprint density at radius 2 is 1.39 bits per heavy atom. The maximum Gasteiger partial charge on any atom is 0.210 e. The zero-order valence-electron chi connectivity index (χ0n) is 19.3. The summed E-state index contributed by atoms with van der Waals surface area (Å²) in [4.78, 5) is 0.373. The molecule has 2 saturated carbocycles. The van der Waals surface area contributed by atoms with Gasteiger partial charge in [-0.2, -0.15) is 0 Å². The fourth-order valence-corrected chi connectivity index (χ4v) is 7.01. The Kier molecular flexibility index (Phi) is 10.5. The molecule has 31 heavy (non-hydrogen) atoms. The van der Waals surface area contributed by atoms with Gasteiger partial charge in [-0.25, -0.2) is 8.78 Å². The van der Waals surface area contributed by atoms with Crippen molar-refractivity contribution in [1.29, 1.82) is 0 Å². The number of hydrogen-bond donors (Lipinski definition) is 0. The van der Waals surface area contributed by atoms with Crippen LogP contribution in [-0.4, -0.2) is 15.9 Å². The van der Waals surface area contributed by atoms with Gasteiger partial charge in [0.2, 0.25) is 5.50 Å². The maximum absolute atomic E-state index is 14.4. The third-order valence-corrected chi connectivity index (χ3v) is 9.42. The summed E-state index contributed by atoms with van der Waals surface area (Å²) in [5.41, 5.74) is -1.92. The van der Waals surface area contributed by atoms with E-state index >= 15 is 0 Å². The van der Waals surface area contributed by atoms with E-state index in [4.69, 9.17) is 0 Å². The van der Waals surface area contributed by atoms with Crippen molar-refractivity contribution in [1.82, 2.24) is 0 Å². The van der Waals surface area contributed by atoms with Crippen LogP contribution in [0, 0.1) is 23.7 Å². The Hall–Kier alpha value is -0.770. The van der Waals surface area contributed by atoms with Gasteiger partial charge in [-0.15, -0.1) is 0 Å². The Bertz CT molecular complexity index is 636. The van der Waals surface area contributed by atoms with Gasteiger partial charge < -0.3 is 0 Å². The van der Waals surface area contributed by atoms with Crippen LogP contribution in [0.4, 0.5) is 8.78 Å². The highest BCUT2D eigenvalue weighted by atomic mass is 32.2. The van der Waals surface area contributed by atoms with Gasteiger partial charge in [0.05, 0.1) is 10.8 Å². The molecule has 0 aromatic heterocycles. The molecule has 2 aliphatic carbocycles. The van der Waals surface area contributed by atoms with Gasteiger partial charge in [-0.05, 0) is 74.3 Å². The molecular weight excluding hydrogens is 410 g/mol. The molecule has 3 rings (SSSR count). The molecule has 176 valence electrons.